The summed E-state index contributed by atoms with van der Waals surface area (Å²) >= 11 is 0. The molecule has 1 rings (SSSR count). The van der Waals surface area contributed by atoms with Gasteiger partial charge in [-0.2, -0.15) is 5.10 Å². The molecule has 2 N–H and O–H groups in total. The molecule has 1 unspecified atom stereocenters. The van der Waals surface area contributed by atoms with Crippen molar-refractivity contribution in [2.24, 2.45) is 5.73 Å². The van der Waals surface area contributed by atoms with Gasteiger partial charge < -0.3 is 10.5 Å². The smallest absolute Gasteiger partial charge is 0.328 e. The maximum atomic E-state index is 11.8. The van der Waals surface area contributed by atoms with Crippen LogP contribution in [-0.4, -0.2) is 26.9 Å². The molecule has 0 saturated carbocycles. The number of hydrogen-bond donors (Lipinski definition) is 1. The van der Waals surface area contributed by atoms with E-state index in [9.17, 15) is 4.79 Å². The average Bonchev–Trinajstić information content (AvgIpc) is 2.52. The Balaban J connectivity index is 2.66. The van der Waals surface area contributed by atoms with Gasteiger partial charge in [-0.1, -0.05) is 0 Å². The van der Waals surface area contributed by atoms with Crippen LogP contribution in [-0.2, 0) is 16.1 Å². The van der Waals surface area contributed by atoms with Crippen LogP contribution in [0.1, 0.15) is 27.7 Å². The lowest BCUT2D eigenvalue weighted by molar-refractivity contribution is -0.161. The molecule has 0 aromatic carbocycles. The lowest BCUT2D eigenvalue weighted by Crippen LogP contribution is -2.51. The number of nitrogens with zero attached hydrogens (tertiary/aromatic N) is 2. The van der Waals surface area contributed by atoms with E-state index in [0.29, 0.717) is 6.54 Å². The van der Waals surface area contributed by atoms with Crippen LogP contribution in [0.4, 0.5) is 0 Å². The monoisotopic (exact) mass is 225 g/mol. The minimum absolute atomic E-state index is 0.301. The summed E-state index contributed by atoms with van der Waals surface area (Å²) in [5.41, 5.74) is 4.33. The average molecular weight is 225 g/mol. The molecule has 0 aliphatic rings. The molecule has 0 bridgehead atoms. The summed E-state index contributed by atoms with van der Waals surface area (Å²) in [5.74, 6) is -0.421. The van der Waals surface area contributed by atoms with Gasteiger partial charge in [-0.25, -0.2) is 4.79 Å². The third-order valence-corrected chi connectivity index (χ3v) is 1.91. The number of carbonyl (C=O) groups is 1. The summed E-state index contributed by atoms with van der Waals surface area (Å²) < 4.78 is 6.86. The first-order valence-electron chi connectivity index (χ1n) is 5.20. The number of esters is 1. The summed E-state index contributed by atoms with van der Waals surface area (Å²) in [6, 6.07) is 1.78. The number of rotatable bonds is 3. The Kier molecular flexibility index (Phi) is 3.38. The van der Waals surface area contributed by atoms with Gasteiger partial charge in [0.2, 0.25) is 0 Å². The van der Waals surface area contributed by atoms with Crippen LogP contribution in [0.25, 0.3) is 0 Å². The summed E-state index contributed by atoms with van der Waals surface area (Å²) in [6.45, 7) is 7.39. The molecule has 5 nitrogen and oxygen atoms in total. The quantitative estimate of drug-likeness (QED) is 0.777. The Morgan fingerprint density at radius 1 is 1.44 bits per heavy atom. The van der Waals surface area contributed by atoms with Crippen molar-refractivity contribution < 1.29 is 9.53 Å². The standard InChI is InChI=1S/C11H19N3O2/c1-10(2,3)16-9(15)11(4,12)8-14-7-5-6-13-14/h5-7H,8,12H2,1-4H3. The number of aromatic nitrogens is 2. The maximum absolute atomic E-state index is 11.8. The zero-order valence-corrected chi connectivity index (χ0v) is 10.2. The fourth-order valence-electron chi connectivity index (χ4n) is 1.19. The second kappa shape index (κ2) is 4.25. The first-order chi connectivity index (χ1) is 7.21. The van der Waals surface area contributed by atoms with Gasteiger partial charge in [0, 0.05) is 12.4 Å². The lowest BCUT2D eigenvalue weighted by atomic mass is 10.0. The number of ether oxygens (including phenoxy) is 1. The van der Waals surface area contributed by atoms with Crippen LogP contribution in [0.3, 0.4) is 0 Å². The predicted molar refractivity (Wildman–Crippen MR) is 60.7 cm³/mol. The van der Waals surface area contributed by atoms with Crippen LogP contribution in [0.2, 0.25) is 0 Å². The highest BCUT2D eigenvalue weighted by atomic mass is 16.6. The molecule has 0 fully saturated rings. The third-order valence-electron chi connectivity index (χ3n) is 1.91. The molecule has 90 valence electrons. The molecule has 5 heteroatoms. The van der Waals surface area contributed by atoms with E-state index in [1.165, 1.54) is 0 Å². The molecular weight excluding hydrogens is 206 g/mol. The molecule has 1 aromatic heterocycles. The molecule has 16 heavy (non-hydrogen) atoms. The van der Waals surface area contributed by atoms with Crippen LogP contribution < -0.4 is 5.73 Å². The van der Waals surface area contributed by atoms with Gasteiger partial charge in [-0.15, -0.1) is 0 Å². The zero-order chi connectivity index (χ0) is 12.4. The van der Waals surface area contributed by atoms with Crippen molar-refractivity contribution in [1.82, 2.24) is 9.78 Å². The fourth-order valence-corrected chi connectivity index (χ4v) is 1.19. The Morgan fingerprint density at radius 2 is 2.06 bits per heavy atom. The van der Waals surface area contributed by atoms with Crippen molar-refractivity contribution in [2.75, 3.05) is 0 Å². The van der Waals surface area contributed by atoms with Crippen LogP contribution in [0.15, 0.2) is 18.5 Å². The summed E-state index contributed by atoms with van der Waals surface area (Å²) in [5, 5.41) is 4.01. The summed E-state index contributed by atoms with van der Waals surface area (Å²) in [7, 11) is 0. The Hall–Kier alpha value is -1.36. The van der Waals surface area contributed by atoms with Crippen molar-refractivity contribution >= 4 is 5.97 Å². The van der Waals surface area contributed by atoms with Crippen molar-refractivity contribution in [3.63, 3.8) is 0 Å². The van der Waals surface area contributed by atoms with Crippen LogP contribution in [0.5, 0.6) is 0 Å². The van der Waals surface area contributed by atoms with Gasteiger partial charge in [-0.05, 0) is 33.8 Å². The number of hydrogen-bond acceptors (Lipinski definition) is 4. The van der Waals surface area contributed by atoms with E-state index in [1.807, 2.05) is 20.8 Å². The van der Waals surface area contributed by atoms with Gasteiger partial charge in [0.05, 0.1) is 6.54 Å². The second-order valence-electron chi connectivity index (χ2n) is 5.12. The Bertz CT molecular complexity index is 350. The highest BCUT2D eigenvalue weighted by molar-refractivity contribution is 5.80. The van der Waals surface area contributed by atoms with E-state index >= 15 is 0 Å². The highest BCUT2D eigenvalue weighted by Crippen LogP contribution is 2.13. The molecule has 1 heterocycles. The molecule has 0 aliphatic heterocycles. The van der Waals surface area contributed by atoms with E-state index < -0.39 is 17.1 Å². The van der Waals surface area contributed by atoms with Gasteiger partial charge >= 0.3 is 5.97 Å². The van der Waals surface area contributed by atoms with Gasteiger partial charge in [0.1, 0.15) is 11.1 Å². The van der Waals surface area contributed by atoms with E-state index in [1.54, 1.807) is 30.1 Å². The normalized spacial score (nSPS) is 15.6. The van der Waals surface area contributed by atoms with Gasteiger partial charge in [-0.3, -0.25) is 4.68 Å². The van der Waals surface area contributed by atoms with Crippen molar-refractivity contribution in [3.05, 3.63) is 18.5 Å². The molecule has 0 amide bonds. The zero-order valence-electron chi connectivity index (χ0n) is 10.2. The van der Waals surface area contributed by atoms with Gasteiger partial charge in [0.25, 0.3) is 0 Å². The predicted octanol–water partition coefficient (Wildman–Crippen LogP) is 0.942. The van der Waals surface area contributed by atoms with Crippen LogP contribution >= 0.6 is 0 Å². The van der Waals surface area contributed by atoms with Crippen molar-refractivity contribution in [1.29, 1.82) is 0 Å². The minimum atomic E-state index is -1.07. The maximum Gasteiger partial charge on any atom is 0.328 e. The lowest BCUT2D eigenvalue weighted by Gasteiger charge is -2.28. The third kappa shape index (κ3) is 3.66. The van der Waals surface area contributed by atoms with E-state index in [-0.39, 0.29) is 0 Å². The first kappa shape index (κ1) is 12.7. The topological polar surface area (TPSA) is 70.1 Å². The SMILES string of the molecule is CC(C)(C)OC(=O)C(C)(N)Cn1cccn1. The molecular formula is C11H19N3O2. The molecule has 1 atom stereocenters. The molecule has 0 saturated heterocycles. The van der Waals surface area contributed by atoms with Crippen molar-refractivity contribution in [3.8, 4) is 0 Å². The highest BCUT2D eigenvalue weighted by Gasteiger charge is 2.33. The summed E-state index contributed by atoms with van der Waals surface area (Å²) in [4.78, 5) is 11.8. The fraction of sp³-hybridized carbons (Fsp3) is 0.636. The van der Waals surface area contributed by atoms with E-state index in [2.05, 4.69) is 5.10 Å². The largest absolute Gasteiger partial charge is 0.459 e. The molecule has 1 aromatic rings. The van der Waals surface area contributed by atoms with Crippen LogP contribution in [0, 0.1) is 0 Å². The second-order valence-corrected chi connectivity index (χ2v) is 5.12. The Labute approximate surface area is 95.6 Å². The van der Waals surface area contributed by atoms with Gasteiger partial charge in [0.15, 0.2) is 0 Å². The minimum Gasteiger partial charge on any atom is -0.459 e. The summed E-state index contributed by atoms with van der Waals surface area (Å²) in [6.07, 6.45) is 3.40. The molecule has 0 spiro atoms. The Morgan fingerprint density at radius 3 is 2.50 bits per heavy atom. The first-order valence-corrected chi connectivity index (χ1v) is 5.20. The molecule has 0 radical (unpaired) electrons. The molecule has 0 aliphatic carbocycles. The van der Waals surface area contributed by atoms with Crippen molar-refractivity contribution in [2.45, 2.75) is 45.4 Å². The van der Waals surface area contributed by atoms with E-state index in [0.717, 1.165) is 0 Å². The number of nitrogens with two attached hydrogens (primary N) is 1. The van der Waals surface area contributed by atoms with E-state index in [4.69, 9.17) is 10.5 Å². The number of carbonyl (C=O) groups excluding carboxylic acids is 1.